The van der Waals surface area contributed by atoms with Gasteiger partial charge in [-0.1, -0.05) is 37.3 Å². The van der Waals surface area contributed by atoms with Crippen LogP contribution in [0.4, 0.5) is 17.1 Å². The number of benzene rings is 3. The summed E-state index contributed by atoms with van der Waals surface area (Å²) in [5.41, 5.74) is 1.67. The first-order valence-electron chi connectivity index (χ1n) is 16.2. The van der Waals surface area contributed by atoms with Crippen LogP contribution in [0.5, 0.6) is 5.75 Å². The Labute approximate surface area is 276 Å². The van der Waals surface area contributed by atoms with E-state index in [0.29, 0.717) is 29.2 Å². The summed E-state index contributed by atoms with van der Waals surface area (Å²) < 4.78 is 12.5. The van der Waals surface area contributed by atoms with Crippen LogP contribution < -0.4 is 14.5 Å². The van der Waals surface area contributed by atoms with Crippen LogP contribution in [0.3, 0.4) is 0 Å². The fourth-order valence-electron chi connectivity index (χ4n) is 8.03. The van der Waals surface area contributed by atoms with Gasteiger partial charge in [-0.2, -0.15) is 0 Å². The smallest absolute Gasteiger partial charge is 0.264 e. The molecule has 3 heterocycles. The lowest BCUT2D eigenvalue weighted by Crippen LogP contribution is -2.46. The van der Waals surface area contributed by atoms with Crippen molar-refractivity contribution in [3.63, 3.8) is 0 Å². The molecule has 0 unspecified atom stereocenters. The fourth-order valence-corrected chi connectivity index (χ4v) is 10.6. The van der Waals surface area contributed by atoms with Crippen molar-refractivity contribution in [1.82, 2.24) is 4.90 Å². The third-order valence-corrected chi connectivity index (χ3v) is 12.6. The number of fused-ring (bicyclic) bond motifs is 2. The molecule has 10 nitrogen and oxygen atoms in total. The molecule has 11 heteroatoms. The summed E-state index contributed by atoms with van der Waals surface area (Å²) in [5.74, 6) is -0.277. The molecule has 2 N–H and O–H groups in total. The van der Waals surface area contributed by atoms with Crippen molar-refractivity contribution >= 4 is 43.6 Å². The normalized spacial score (nSPS) is 25.4. The number of hydrogen-bond acceptors (Lipinski definition) is 7. The Bertz CT molecular complexity index is 1650. The SMILES string of the molecule is COc1ccc2c(c1)[C@@]1(O[C@H](CC(=O)N3CCC[C@H]3CO)[C@@H]([Si](C)(C)O)[C@@H]1C)C(=O)N2Cc1cccc(N(C=O)c2ccccc2)c1. The summed E-state index contributed by atoms with van der Waals surface area (Å²) in [6.45, 7) is 6.30. The molecule has 0 aromatic heterocycles. The zero-order chi connectivity index (χ0) is 33.5. The minimum absolute atomic E-state index is 0.0138. The van der Waals surface area contributed by atoms with Gasteiger partial charge in [-0.3, -0.25) is 19.3 Å². The number of ether oxygens (including phenoxy) is 2. The molecular weight excluding hydrogens is 614 g/mol. The van der Waals surface area contributed by atoms with Gasteiger partial charge in [0.05, 0.1) is 44.5 Å². The number of carbonyl (C=O) groups excluding carboxylic acids is 3. The van der Waals surface area contributed by atoms with E-state index in [4.69, 9.17) is 9.47 Å². The van der Waals surface area contributed by atoms with E-state index >= 15 is 0 Å². The number of anilines is 3. The second-order valence-electron chi connectivity index (χ2n) is 13.4. The number of methoxy groups -OCH3 is 1. The van der Waals surface area contributed by atoms with E-state index in [1.165, 1.54) is 0 Å². The number of rotatable bonds is 10. The largest absolute Gasteiger partial charge is 0.497 e. The molecule has 0 aliphatic carbocycles. The lowest BCUT2D eigenvalue weighted by atomic mass is 9.82. The molecule has 3 aliphatic rings. The number of carbonyl (C=O) groups is 3. The van der Waals surface area contributed by atoms with Crippen molar-refractivity contribution in [1.29, 1.82) is 0 Å². The standard InChI is InChI=1S/C36H43N3O7Si/c1-24-34(47(3,4)44)32(20-33(42)37-17-9-14-28(37)22-40)46-36(24)30-19-29(45-2)15-16-31(30)38(35(36)43)21-25-10-8-13-27(18-25)39(23-41)26-11-6-5-7-12-26/h5-8,10-13,15-16,18-19,23-24,28,32,34,40,44H,9,14,17,20-22H2,1-4H3/t24-,28-,32+,34-,36+/m0/s1. The first-order chi connectivity index (χ1) is 22.5. The van der Waals surface area contributed by atoms with Gasteiger partial charge in [0.25, 0.3) is 5.91 Å². The van der Waals surface area contributed by atoms with Gasteiger partial charge in [0.15, 0.2) is 13.9 Å². The monoisotopic (exact) mass is 657 g/mol. The molecule has 3 aromatic rings. The van der Waals surface area contributed by atoms with Crippen LogP contribution in [-0.4, -0.2) is 73.8 Å². The minimum atomic E-state index is -2.99. The Morgan fingerprint density at radius 3 is 2.53 bits per heavy atom. The van der Waals surface area contributed by atoms with E-state index < -0.39 is 31.5 Å². The summed E-state index contributed by atoms with van der Waals surface area (Å²) >= 11 is 0. The summed E-state index contributed by atoms with van der Waals surface area (Å²) in [4.78, 5) is 57.2. The van der Waals surface area contributed by atoms with Gasteiger partial charge in [-0.15, -0.1) is 0 Å². The maximum atomic E-state index is 14.9. The van der Waals surface area contributed by atoms with Crippen molar-refractivity contribution in [2.24, 2.45) is 5.92 Å². The molecule has 3 aromatic carbocycles. The summed E-state index contributed by atoms with van der Waals surface area (Å²) in [5, 5.41) is 9.86. The highest BCUT2D eigenvalue weighted by Crippen LogP contribution is 2.60. The molecule has 248 valence electrons. The van der Waals surface area contributed by atoms with Crippen LogP contribution in [-0.2, 0) is 31.3 Å². The number of aliphatic hydroxyl groups is 1. The molecule has 2 fully saturated rings. The van der Waals surface area contributed by atoms with Gasteiger partial charge in [0, 0.05) is 34.9 Å². The number of aliphatic hydroxyl groups excluding tert-OH is 1. The highest BCUT2D eigenvalue weighted by molar-refractivity contribution is 6.71. The molecule has 47 heavy (non-hydrogen) atoms. The molecule has 0 bridgehead atoms. The average Bonchev–Trinajstić information content (AvgIpc) is 3.72. The molecule has 2 saturated heterocycles. The number of hydrogen-bond donors (Lipinski definition) is 2. The van der Waals surface area contributed by atoms with Gasteiger partial charge >= 0.3 is 0 Å². The fraction of sp³-hybridized carbons (Fsp3) is 0.417. The Morgan fingerprint density at radius 2 is 1.85 bits per heavy atom. The Hall–Kier alpha value is -4.03. The van der Waals surface area contributed by atoms with Crippen LogP contribution in [0.2, 0.25) is 18.6 Å². The Kier molecular flexibility index (Phi) is 9.01. The van der Waals surface area contributed by atoms with E-state index in [9.17, 15) is 24.3 Å². The van der Waals surface area contributed by atoms with E-state index in [2.05, 4.69) is 0 Å². The predicted molar refractivity (Wildman–Crippen MR) is 181 cm³/mol. The van der Waals surface area contributed by atoms with Crippen molar-refractivity contribution in [3.8, 4) is 5.75 Å². The molecular formula is C36H43N3O7Si. The molecule has 6 rings (SSSR count). The average molecular weight is 658 g/mol. The van der Waals surface area contributed by atoms with E-state index in [1.807, 2.05) is 92.8 Å². The predicted octanol–water partition coefficient (Wildman–Crippen LogP) is 4.71. The van der Waals surface area contributed by atoms with Crippen molar-refractivity contribution in [3.05, 3.63) is 83.9 Å². The zero-order valence-electron chi connectivity index (χ0n) is 27.3. The van der Waals surface area contributed by atoms with Gasteiger partial charge < -0.3 is 29.2 Å². The van der Waals surface area contributed by atoms with Gasteiger partial charge in [-0.05, 0) is 74.0 Å². The maximum Gasteiger partial charge on any atom is 0.264 e. The van der Waals surface area contributed by atoms with Crippen molar-refractivity contribution in [2.45, 2.75) is 69.1 Å². The van der Waals surface area contributed by atoms with E-state index in [-0.39, 0.29) is 37.4 Å². The van der Waals surface area contributed by atoms with E-state index in [1.54, 1.807) is 21.8 Å². The van der Waals surface area contributed by atoms with Crippen LogP contribution in [0, 0.1) is 5.92 Å². The first kappa shape index (κ1) is 32.9. The summed E-state index contributed by atoms with van der Waals surface area (Å²) in [6, 6.07) is 22.1. The Balaban J connectivity index is 1.37. The molecule has 3 amide bonds. The maximum absolute atomic E-state index is 14.9. The van der Waals surface area contributed by atoms with Gasteiger partial charge in [-0.25, -0.2) is 0 Å². The Morgan fingerprint density at radius 1 is 1.11 bits per heavy atom. The third-order valence-electron chi connectivity index (χ3n) is 10.1. The topological polar surface area (TPSA) is 120 Å². The molecule has 1 spiro atoms. The second-order valence-corrected chi connectivity index (χ2v) is 17.4. The van der Waals surface area contributed by atoms with Gasteiger partial charge in [0.1, 0.15) is 5.75 Å². The highest BCUT2D eigenvalue weighted by Gasteiger charge is 2.66. The van der Waals surface area contributed by atoms with E-state index in [0.717, 1.165) is 30.5 Å². The first-order valence-corrected chi connectivity index (χ1v) is 19.3. The molecule has 0 saturated carbocycles. The molecule has 0 radical (unpaired) electrons. The quantitative estimate of drug-likeness (QED) is 0.240. The minimum Gasteiger partial charge on any atom is -0.497 e. The van der Waals surface area contributed by atoms with Crippen LogP contribution in [0.1, 0.15) is 37.3 Å². The van der Waals surface area contributed by atoms with Gasteiger partial charge in [0.2, 0.25) is 12.3 Å². The van der Waals surface area contributed by atoms with Crippen LogP contribution in [0.25, 0.3) is 0 Å². The summed E-state index contributed by atoms with van der Waals surface area (Å²) in [7, 11) is -1.42. The van der Waals surface area contributed by atoms with Crippen molar-refractivity contribution < 1.29 is 33.8 Å². The third kappa shape index (κ3) is 5.75. The molecule has 3 aliphatic heterocycles. The number of likely N-dealkylation sites (tertiary alicyclic amines) is 1. The van der Waals surface area contributed by atoms with Crippen molar-refractivity contribution in [2.75, 3.05) is 30.1 Å². The lowest BCUT2D eigenvalue weighted by Gasteiger charge is -2.33. The van der Waals surface area contributed by atoms with Crippen LogP contribution in [0.15, 0.2) is 72.8 Å². The highest BCUT2D eigenvalue weighted by atomic mass is 28.4. The number of para-hydroxylation sites is 1. The number of amides is 3. The lowest BCUT2D eigenvalue weighted by molar-refractivity contribution is -0.150. The van der Waals surface area contributed by atoms with Crippen LogP contribution >= 0.6 is 0 Å². The molecule has 5 atom stereocenters. The zero-order valence-corrected chi connectivity index (χ0v) is 28.3. The number of nitrogens with zero attached hydrogens (tertiary/aromatic N) is 3. The summed E-state index contributed by atoms with van der Waals surface area (Å²) in [6.07, 6.45) is 1.66. The second kappa shape index (κ2) is 12.9.